The minimum absolute atomic E-state index is 0.154. The summed E-state index contributed by atoms with van der Waals surface area (Å²) < 4.78 is 36.1. The molecule has 3 rings (SSSR count). The average molecular weight is 404 g/mol. The molecule has 0 bridgehead atoms. The molecule has 0 spiro atoms. The van der Waals surface area contributed by atoms with Gasteiger partial charge in [-0.25, -0.2) is 13.2 Å². The van der Waals surface area contributed by atoms with E-state index in [-0.39, 0.29) is 13.2 Å². The zero-order chi connectivity index (χ0) is 20.3. The SMILES string of the molecule is CCOC(=O)c1cccc(NC(=O)[C@H]2CN(S(C)(=O)=O)c3ccccc3O2)c1. The van der Waals surface area contributed by atoms with Gasteiger partial charge < -0.3 is 14.8 Å². The molecule has 2 aromatic rings. The summed E-state index contributed by atoms with van der Waals surface area (Å²) >= 11 is 0. The summed E-state index contributed by atoms with van der Waals surface area (Å²) in [5, 5.41) is 2.66. The van der Waals surface area contributed by atoms with Crippen molar-refractivity contribution >= 4 is 33.3 Å². The summed E-state index contributed by atoms with van der Waals surface area (Å²) in [7, 11) is -3.59. The first-order chi connectivity index (χ1) is 13.3. The standard InChI is InChI=1S/C19H20N2O6S/c1-3-26-19(23)13-7-6-8-14(11-13)20-18(22)17-12-21(28(2,24)25)15-9-4-5-10-16(15)27-17/h4-11,17H,3,12H2,1-2H3,(H,20,22)/t17-/m1/s1. The number of hydrogen-bond acceptors (Lipinski definition) is 6. The van der Waals surface area contributed by atoms with Gasteiger partial charge in [0.2, 0.25) is 10.0 Å². The van der Waals surface area contributed by atoms with E-state index in [9.17, 15) is 18.0 Å². The van der Waals surface area contributed by atoms with Crippen molar-refractivity contribution in [1.82, 2.24) is 0 Å². The lowest BCUT2D eigenvalue weighted by Crippen LogP contribution is -2.48. The minimum atomic E-state index is -3.59. The molecule has 9 heteroatoms. The van der Waals surface area contributed by atoms with Gasteiger partial charge >= 0.3 is 5.97 Å². The fourth-order valence-corrected chi connectivity index (χ4v) is 3.73. The molecule has 148 valence electrons. The van der Waals surface area contributed by atoms with Crippen LogP contribution in [0.25, 0.3) is 0 Å². The van der Waals surface area contributed by atoms with Gasteiger partial charge in [-0.3, -0.25) is 9.10 Å². The second kappa shape index (κ2) is 7.89. The first kappa shape index (κ1) is 19.7. The van der Waals surface area contributed by atoms with Crippen LogP contribution in [-0.2, 0) is 19.6 Å². The summed E-state index contributed by atoms with van der Waals surface area (Å²) in [4.78, 5) is 24.5. The van der Waals surface area contributed by atoms with Crippen LogP contribution in [-0.4, -0.2) is 45.8 Å². The van der Waals surface area contributed by atoms with Crippen molar-refractivity contribution in [3.8, 4) is 5.75 Å². The molecule has 1 aliphatic heterocycles. The molecular weight excluding hydrogens is 384 g/mol. The summed E-state index contributed by atoms with van der Waals surface area (Å²) in [6.45, 7) is 1.79. The Kier molecular flexibility index (Phi) is 5.55. The van der Waals surface area contributed by atoms with Gasteiger partial charge in [0.15, 0.2) is 6.10 Å². The molecule has 28 heavy (non-hydrogen) atoms. The van der Waals surface area contributed by atoms with Crippen molar-refractivity contribution in [2.24, 2.45) is 0 Å². The molecule has 1 aliphatic rings. The van der Waals surface area contributed by atoms with Gasteiger partial charge in [0.05, 0.1) is 30.7 Å². The normalized spacial score (nSPS) is 15.9. The van der Waals surface area contributed by atoms with Gasteiger partial charge in [0.25, 0.3) is 5.91 Å². The Morgan fingerprint density at radius 3 is 2.68 bits per heavy atom. The molecule has 2 aromatic carbocycles. The molecular formula is C19H20N2O6S. The van der Waals surface area contributed by atoms with Gasteiger partial charge in [0, 0.05) is 5.69 Å². The maximum atomic E-state index is 12.7. The second-order valence-electron chi connectivity index (χ2n) is 6.16. The first-order valence-corrected chi connectivity index (χ1v) is 10.5. The van der Waals surface area contributed by atoms with Crippen molar-refractivity contribution in [3.63, 3.8) is 0 Å². The van der Waals surface area contributed by atoms with Crippen LogP contribution in [0.5, 0.6) is 5.75 Å². The molecule has 0 saturated heterocycles. The maximum Gasteiger partial charge on any atom is 0.338 e. The van der Waals surface area contributed by atoms with Crippen LogP contribution < -0.4 is 14.4 Å². The number of carbonyl (C=O) groups excluding carboxylic acids is 2. The van der Waals surface area contributed by atoms with Gasteiger partial charge in [-0.1, -0.05) is 18.2 Å². The topological polar surface area (TPSA) is 102 Å². The molecule has 1 heterocycles. The number of nitrogens with one attached hydrogen (secondary N) is 1. The number of anilines is 2. The van der Waals surface area contributed by atoms with E-state index in [1.807, 2.05) is 0 Å². The van der Waals surface area contributed by atoms with Gasteiger partial charge in [0.1, 0.15) is 5.75 Å². The maximum absolute atomic E-state index is 12.7. The summed E-state index contributed by atoms with van der Waals surface area (Å²) in [5.74, 6) is -0.714. The highest BCUT2D eigenvalue weighted by molar-refractivity contribution is 7.92. The Balaban J connectivity index is 1.80. The Labute approximate surface area is 163 Å². The van der Waals surface area contributed by atoms with Crippen molar-refractivity contribution in [3.05, 3.63) is 54.1 Å². The van der Waals surface area contributed by atoms with Crippen LogP contribution in [0.1, 0.15) is 17.3 Å². The highest BCUT2D eigenvalue weighted by atomic mass is 32.2. The van der Waals surface area contributed by atoms with Crippen LogP contribution >= 0.6 is 0 Å². The molecule has 0 saturated carbocycles. The highest BCUT2D eigenvalue weighted by Gasteiger charge is 2.34. The van der Waals surface area contributed by atoms with E-state index in [2.05, 4.69) is 5.32 Å². The molecule has 1 amide bonds. The number of rotatable bonds is 5. The number of hydrogen-bond donors (Lipinski definition) is 1. The number of benzene rings is 2. The number of amides is 1. The van der Waals surface area contributed by atoms with E-state index >= 15 is 0 Å². The van der Waals surface area contributed by atoms with E-state index in [1.54, 1.807) is 49.4 Å². The summed E-state index contributed by atoms with van der Waals surface area (Å²) in [6.07, 6.45) is 0.0308. The number of ether oxygens (including phenoxy) is 2. The van der Waals surface area contributed by atoms with Crippen LogP contribution in [0.4, 0.5) is 11.4 Å². The van der Waals surface area contributed by atoms with E-state index in [4.69, 9.17) is 9.47 Å². The van der Waals surface area contributed by atoms with Crippen LogP contribution in [0.3, 0.4) is 0 Å². The zero-order valence-electron chi connectivity index (χ0n) is 15.4. The van der Waals surface area contributed by atoms with Crippen molar-refractivity contribution in [2.75, 3.05) is 29.0 Å². The Morgan fingerprint density at radius 1 is 1.21 bits per heavy atom. The lowest BCUT2D eigenvalue weighted by Gasteiger charge is -2.33. The van der Waals surface area contributed by atoms with E-state index in [1.165, 1.54) is 6.07 Å². The fourth-order valence-electron chi connectivity index (χ4n) is 2.81. The van der Waals surface area contributed by atoms with Gasteiger partial charge in [-0.05, 0) is 37.3 Å². The van der Waals surface area contributed by atoms with Crippen LogP contribution in [0, 0.1) is 0 Å². The van der Waals surface area contributed by atoms with Gasteiger partial charge in [-0.2, -0.15) is 0 Å². The van der Waals surface area contributed by atoms with Crippen molar-refractivity contribution in [1.29, 1.82) is 0 Å². The Morgan fingerprint density at radius 2 is 1.96 bits per heavy atom. The molecule has 0 fully saturated rings. The minimum Gasteiger partial charge on any atom is -0.476 e. The quantitative estimate of drug-likeness (QED) is 0.765. The van der Waals surface area contributed by atoms with Crippen LogP contribution in [0.2, 0.25) is 0 Å². The smallest absolute Gasteiger partial charge is 0.338 e. The third-order valence-corrected chi connectivity index (χ3v) is 5.22. The zero-order valence-corrected chi connectivity index (χ0v) is 16.2. The fraction of sp³-hybridized carbons (Fsp3) is 0.263. The highest BCUT2D eigenvalue weighted by Crippen LogP contribution is 2.34. The molecule has 0 aliphatic carbocycles. The third kappa shape index (κ3) is 4.25. The predicted molar refractivity (Wildman–Crippen MR) is 104 cm³/mol. The number of sulfonamides is 1. The first-order valence-electron chi connectivity index (χ1n) is 8.61. The second-order valence-corrected chi connectivity index (χ2v) is 8.07. The monoisotopic (exact) mass is 404 g/mol. The van der Waals surface area contributed by atoms with E-state index in [0.717, 1.165) is 10.6 Å². The molecule has 1 N–H and O–H groups in total. The molecule has 8 nitrogen and oxygen atoms in total. The number of carbonyl (C=O) groups is 2. The number of para-hydroxylation sites is 2. The van der Waals surface area contributed by atoms with Crippen molar-refractivity contribution < 1.29 is 27.5 Å². The molecule has 0 radical (unpaired) electrons. The third-order valence-electron chi connectivity index (χ3n) is 4.07. The largest absolute Gasteiger partial charge is 0.476 e. The van der Waals surface area contributed by atoms with E-state index in [0.29, 0.717) is 22.7 Å². The van der Waals surface area contributed by atoms with Crippen LogP contribution in [0.15, 0.2) is 48.5 Å². The lowest BCUT2D eigenvalue weighted by molar-refractivity contribution is -0.122. The Bertz CT molecular complexity index is 1000. The number of esters is 1. The number of fused-ring (bicyclic) bond motifs is 1. The van der Waals surface area contributed by atoms with Gasteiger partial charge in [-0.15, -0.1) is 0 Å². The summed E-state index contributed by atoms with van der Waals surface area (Å²) in [6, 6.07) is 12.9. The molecule has 0 unspecified atom stereocenters. The summed E-state index contributed by atoms with van der Waals surface area (Å²) in [5.41, 5.74) is 1.06. The molecule has 1 atom stereocenters. The average Bonchev–Trinajstić information content (AvgIpc) is 2.66. The van der Waals surface area contributed by atoms with E-state index < -0.39 is 28.0 Å². The number of nitrogens with zero attached hydrogens (tertiary/aromatic N) is 1. The lowest BCUT2D eigenvalue weighted by atomic mass is 10.2. The Hall–Kier alpha value is -3.07. The molecule has 0 aromatic heterocycles. The van der Waals surface area contributed by atoms with Crippen molar-refractivity contribution in [2.45, 2.75) is 13.0 Å². The predicted octanol–water partition coefficient (Wildman–Crippen LogP) is 2.03.